The van der Waals surface area contributed by atoms with E-state index in [1.54, 1.807) is 0 Å². The zero-order valence-corrected chi connectivity index (χ0v) is 20.7. The highest BCUT2D eigenvalue weighted by atomic mass is 79.9. The predicted molar refractivity (Wildman–Crippen MR) is 144 cm³/mol. The van der Waals surface area contributed by atoms with E-state index in [1.165, 1.54) is 5.39 Å². The summed E-state index contributed by atoms with van der Waals surface area (Å²) in [5, 5.41) is 1.17. The number of nitrogens with zero attached hydrogens (tertiary/aromatic N) is 3. The molecule has 0 spiro atoms. The summed E-state index contributed by atoms with van der Waals surface area (Å²) >= 11 is 6.86. The Labute approximate surface area is 209 Å². The van der Waals surface area contributed by atoms with Crippen molar-refractivity contribution in [3.8, 4) is 17.1 Å². The molecule has 0 fully saturated rings. The number of halogens is 2. The zero-order valence-electron chi connectivity index (χ0n) is 17.6. The molecule has 6 aromatic rings. The summed E-state index contributed by atoms with van der Waals surface area (Å²) < 4.78 is 4.30. The zero-order chi connectivity index (χ0) is 22.6. The third-order valence-electron chi connectivity index (χ3n) is 5.23. The maximum absolute atomic E-state index is 4.84. The molecule has 4 aromatic carbocycles. The number of aromatic nitrogens is 3. The van der Waals surface area contributed by atoms with E-state index in [0.29, 0.717) is 0 Å². The molecule has 6 rings (SSSR count). The molecule has 0 N–H and O–H groups in total. The first-order valence-electron chi connectivity index (χ1n) is 10.5. The molecule has 33 heavy (non-hydrogen) atoms. The number of fused-ring (bicyclic) bond motifs is 2. The van der Waals surface area contributed by atoms with Crippen molar-refractivity contribution in [1.29, 1.82) is 0 Å². The Morgan fingerprint density at radius 2 is 1.27 bits per heavy atom. The Balaban J connectivity index is 0.000000174. The normalized spacial score (nSPS) is 10.7. The average Bonchev–Trinajstić information content (AvgIpc) is 3.25. The minimum Gasteiger partial charge on any atom is -0.292 e. The van der Waals surface area contributed by atoms with Crippen LogP contribution in [0, 0.1) is 0 Å². The van der Waals surface area contributed by atoms with Gasteiger partial charge in [-0.25, -0.2) is 4.98 Å². The molecule has 0 saturated carbocycles. The van der Waals surface area contributed by atoms with Crippen LogP contribution >= 0.6 is 31.9 Å². The van der Waals surface area contributed by atoms with Crippen LogP contribution in [-0.4, -0.2) is 14.5 Å². The second-order valence-electron chi connectivity index (χ2n) is 7.45. The van der Waals surface area contributed by atoms with Crippen molar-refractivity contribution in [1.82, 2.24) is 14.5 Å². The molecule has 0 amide bonds. The van der Waals surface area contributed by atoms with Crippen molar-refractivity contribution in [3.63, 3.8) is 0 Å². The fourth-order valence-electron chi connectivity index (χ4n) is 3.70. The van der Waals surface area contributed by atoms with Crippen molar-refractivity contribution in [2.24, 2.45) is 0 Å². The Morgan fingerprint density at radius 3 is 2.06 bits per heavy atom. The van der Waals surface area contributed by atoms with Crippen molar-refractivity contribution in [2.45, 2.75) is 0 Å². The molecule has 0 atom stereocenters. The van der Waals surface area contributed by atoms with Gasteiger partial charge in [0.15, 0.2) is 0 Å². The molecule has 3 nitrogen and oxygen atoms in total. The molecule has 2 heterocycles. The summed E-state index contributed by atoms with van der Waals surface area (Å²) in [6.45, 7) is 0. The van der Waals surface area contributed by atoms with Crippen LogP contribution in [0.25, 0.3) is 39.0 Å². The van der Waals surface area contributed by atoms with E-state index < -0.39 is 0 Å². The van der Waals surface area contributed by atoms with E-state index in [9.17, 15) is 0 Å². The first-order chi connectivity index (χ1) is 16.2. The highest BCUT2D eigenvalue weighted by Crippen LogP contribution is 2.29. The van der Waals surface area contributed by atoms with E-state index in [4.69, 9.17) is 4.98 Å². The quantitative estimate of drug-likeness (QED) is 0.214. The van der Waals surface area contributed by atoms with Crippen LogP contribution in [0.4, 0.5) is 0 Å². The third kappa shape index (κ3) is 4.75. The van der Waals surface area contributed by atoms with Gasteiger partial charge >= 0.3 is 0 Å². The number of pyridine rings is 1. The van der Waals surface area contributed by atoms with E-state index >= 15 is 0 Å². The number of para-hydroxylation sites is 4. The summed E-state index contributed by atoms with van der Waals surface area (Å²) in [7, 11) is 0. The average molecular weight is 557 g/mol. The fourth-order valence-corrected chi connectivity index (χ4v) is 4.31. The molecule has 160 valence electrons. The Bertz CT molecular complexity index is 1520. The van der Waals surface area contributed by atoms with Crippen molar-refractivity contribution >= 4 is 53.8 Å². The molecule has 2 aromatic heterocycles. The number of imidazole rings is 1. The lowest BCUT2D eigenvalue weighted by molar-refractivity contribution is 1.10. The summed E-state index contributed by atoms with van der Waals surface area (Å²) in [5.74, 6) is 0.958. The minimum absolute atomic E-state index is 0.958. The van der Waals surface area contributed by atoms with Crippen LogP contribution < -0.4 is 0 Å². The molecule has 0 aliphatic heterocycles. The van der Waals surface area contributed by atoms with Crippen LogP contribution in [0.5, 0.6) is 0 Å². The number of rotatable bonds is 2. The van der Waals surface area contributed by atoms with Crippen molar-refractivity contribution < 1.29 is 0 Å². The van der Waals surface area contributed by atoms with Crippen LogP contribution in [-0.2, 0) is 0 Å². The van der Waals surface area contributed by atoms with Crippen LogP contribution in [0.15, 0.2) is 124 Å². The van der Waals surface area contributed by atoms with Gasteiger partial charge in [-0.3, -0.25) is 9.55 Å². The van der Waals surface area contributed by atoms with Gasteiger partial charge in [0.25, 0.3) is 0 Å². The molecule has 0 aliphatic carbocycles. The van der Waals surface area contributed by atoms with E-state index in [1.807, 2.05) is 54.7 Å². The van der Waals surface area contributed by atoms with Gasteiger partial charge in [-0.2, -0.15) is 0 Å². The van der Waals surface area contributed by atoms with Crippen LogP contribution in [0.1, 0.15) is 0 Å². The molecule has 0 bridgehead atoms. The van der Waals surface area contributed by atoms with E-state index in [0.717, 1.165) is 42.6 Å². The Hall–Kier alpha value is -3.28. The second-order valence-corrected chi connectivity index (χ2v) is 9.28. The minimum atomic E-state index is 0.958. The predicted octanol–water partition coefficient (Wildman–Crippen LogP) is 8.45. The SMILES string of the molecule is Brc1ccc(-c2nc3ccccc3n2-c2ccccc2)cc1.Brc1cnc2ccccc2c1. The first-order valence-corrected chi connectivity index (χ1v) is 12.1. The first kappa shape index (κ1) is 21.6. The standard InChI is InChI=1S/C19H13BrN2.C9H6BrN/c20-15-12-10-14(11-13-15)19-21-17-8-4-5-9-18(17)22(19)16-6-2-1-3-7-16;10-8-5-7-3-1-2-4-9(7)11-6-8/h1-13H;1-6H. The molecule has 0 radical (unpaired) electrons. The molecular weight excluding hydrogens is 538 g/mol. The van der Waals surface area contributed by atoms with E-state index in [2.05, 4.69) is 102 Å². The third-order valence-corrected chi connectivity index (χ3v) is 6.20. The maximum Gasteiger partial charge on any atom is 0.145 e. The summed E-state index contributed by atoms with van der Waals surface area (Å²) in [4.78, 5) is 9.07. The Morgan fingerprint density at radius 1 is 0.606 bits per heavy atom. The summed E-state index contributed by atoms with van der Waals surface area (Å²) in [6, 6.07) is 37.0. The van der Waals surface area contributed by atoms with Gasteiger partial charge in [-0.1, -0.05) is 76.6 Å². The summed E-state index contributed by atoms with van der Waals surface area (Å²) in [5.41, 5.74) is 5.38. The molecule has 0 unspecified atom stereocenters. The van der Waals surface area contributed by atoms with Crippen LogP contribution in [0.3, 0.4) is 0 Å². The number of hydrogen-bond acceptors (Lipinski definition) is 2. The smallest absolute Gasteiger partial charge is 0.145 e. The van der Waals surface area contributed by atoms with Crippen molar-refractivity contribution in [2.75, 3.05) is 0 Å². The van der Waals surface area contributed by atoms with Gasteiger partial charge in [0.05, 0.1) is 16.6 Å². The van der Waals surface area contributed by atoms with Gasteiger partial charge in [0.1, 0.15) is 5.82 Å². The van der Waals surface area contributed by atoms with Gasteiger partial charge in [-0.15, -0.1) is 0 Å². The van der Waals surface area contributed by atoms with Gasteiger partial charge < -0.3 is 0 Å². The lowest BCUT2D eigenvalue weighted by atomic mass is 10.2. The van der Waals surface area contributed by atoms with Gasteiger partial charge in [0.2, 0.25) is 0 Å². The maximum atomic E-state index is 4.84. The number of hydrogen-bond donors (Lipinski definition) is 0. The molecule has 0 saturated heterocycles. The lowest BCUT2D eigenvalue weighted by Crippen LogP contribution is -1.97. The largest absolute Gasteiger partial charge is 0.292 e. The molecule has 5 heteroatoms. The fraction of sp³-hybridized carbons (Fsp3) is 0. The highest BCUT2D eigenvalue weighted by Gasteiger charge is 2.13. The number of benzene rings is 4. The topological polar surface area (TPSA) is 30.7 Å². The lowest BCUT2D eigenvalue weighted by Gasteiger charge is -2.09. The molecular formula is C28H19Br2N3. The Kier molecular flexibility index (Phi) is 6.33. The highest BCUT2D eigenvalue weighted by molar-refractivity contribution is 9.10. The summed E-state index contributed by atoms with van der Waals surface area (Å²) in [6.07, 6.45) is 1.81. The van der Waals surface area contributed by atoms with Crippen LogP contribution in [0.2, 0.25) is 0 Å². The van der Waals surface area contributed by atoms with Gasteiger partial charge in [-0.05, 0) is 64.5 Å². The second kappa shape index (κ2) is 9.69. The van der Waals surface area contributed by atoms with Gasteiger partial charge in [0, 0.05) is 31.8 Å². The molecule has 0 aliphatic rings. The monoisotopic (exact) mass is 555 g/mol. The van der Waals surface area contributed by atoms with E-state index in [-0.39, 0.29) is 0 Å². The van der Waals surface area contributed by atoms with Crippen molar-refractivity contribution in [3.05, 3.63) is 124 Å².